The molecular formula is C19H17NO5. The molecule has 0 atom stereocenters. The van der Waals surface area contributed by atoms with Crippen molar-refractivity contribution in [2.24, 2.45) is 0 Å². The third-order valence-corrected chi connectivity index (χ3v) is 3.85. The summed E-state index contributed by atoms with van der Waals surface area (Å²) in [6, 6.07) is 13.0. The highest BCUT2D eigenvalue weighted by Gasteiger charge is 2.14. The number of nitrogens with one attached hydrogen (secondary N) is 1. The van der Waals surface area contributed by atoms with Crippen LogP contribution in [0.15, 0.2) is 57.7 Å². The normalized spacial score (nSPS) is 10.7. The number of carbonyl (C=O) groups is 1. The zero-order chi connectivity index (χ0) is 17.8. The van der Waals surface area contributed by atoms with E-state index in [-0.39, 0.29) is 22.6 Å². The van der Waals surface area contributed by atoms with E-state index in [1.54, 1.807) is 24.3 Å². The molecule has 6 nitrogen and oxygen atoms in total. The lowest BCUT2D eigenvalue weighted by molar-refractivity contribution is 0.0949. The van der Waals surface area contributed by atoms with Crippen molar-refractivity contribution in [3.8, 4) is 11.5 Å². The first kappa shape index (κ1) is 16.6. The van der Waals surface area contributed by atoms with Crippen LogP contribution in [0.25, 0.3) is 11.0 Å². The fourth-order valence-electron chi connectivity index (χ4n) is 2.54. The van der Waals surface area contributed by atoms with Crippen LogP contribution in [0.3, 0.4) is 0 Å². The molecule has 0 bridgehead atoms. The van der Waals surface area contributed by atoms with E-state index in [1.807, 2.05) is 12.1 Å². The number of amides is 1. The molecule has 2 aromatic carbocycles. The van der Waals surface area contributed by atoms with Gasteiger partial charge in [-0.15, -0.1) is 0 Å². The Kier molecular flexibility index (Phi) is 4.70. The highest BCUT2D eigenvalue weighted by Crippen LogP contribution is 2.23. The molecule has 0 unspecified atom stereocenters. The number of fused-ring (bicyclic) bond motifs is 1. The quantitative estimate of drug-likeness (QED) is 0.490. The van der Waals surface area contributed by atoms with Crippen molar-refractivity contribution in [2.75, 3.05) is 6.54 Å². The van der Waals surface area contributed by atoms with Crippen LogP contribution < -0.4 is 10.9 Å². The Balaban J connectivity index is 1.63. The van der Waals surface area contributed by atoms with Crippen LogP contribution in [-0.2, 0) is 6.42 Å². The lowest BCUT2D eigenvalue weighted by atomic mass is 10.1. The fourth-order valence-corrected chi connectivity index (χ4v) is 2.54. The van der Waals surface area contributed by atoms with E-state index in [9.17, 15) is 19.8 Å². The second-order valence-electron chi connectivity index (χ2n) is 5.67. The Hall–Kier alpha value is -3.28. The summed E-state index contributed by atoms with van der Waals surface area (Å²) in [6.45, 7) is 0.400. The lowest BCUT2D eigenvalue weighted by Crippen LogP contribution is -2.29. The summed E-state index contributed by atoms with van der Waals surface area (Å²) in [5.74, 6) is -0.439. The number of phenolic OH excluding ortho intramolecular Hbond substituents is 2. The summed E-state index contributed by atoms with van der Waals surface area (Å²) in [6.07, 6.45) is 1.43. The zero-order valence-corrected chi connectivity index (χ0v) is 13.4. The number of phenols is 2. The summed E-state index contributed by atoms with van der Waals surface area (Å²) in [5, 5.41) is 22.1. The Morgan fingerprint density at radius 2 is 1.84 bits per heavy atom. The van der Waals surface area contributed by atoms with Crippen molar-refractivity contribution in [2.45, 2.75) is 12.8 Å². The van der Waals surface area contributed by atoms with Crippen molar-refractivity contribution < 1.29 is 19.4 Å². The van der Waals surface area contributed by atoms with Gasteiger partial charge in [0.1, 0.15) is 11.3 Å². The van der Waals surface area contributed by atoms with Gasteiger partial charge in [-0.3, -0.25) is 4.79 Å². The average Bonchev–Trinajstić information content (AvgIpc) is 2.60. The van der Waals surface area contributed by atoms with Gasteiger partial charge in [0.15, 0.2) is 11.3 Å². The first-order chi connectivity index (χ1) is 12.0. The van der Waals surface area contributed by atoms with Gasteiger partial charge in [-0.05, 0) is 42.7 Å². The minimum atomic E-state index is -0.787. The molecule has 3 aromatic rings. The number of aryl methyl sites for hydroxylation is 1. The van der Waals surface area contributed by atoms with Crippen molar-refractivity contribution in [3.05, 3.63) is 70.1 Å². The van der Waals surface area contributed by atoms with E-state index in [4.69, 9.17) is 4.42 Å². The predicted octanol–water partition coefficient (Wildman–Crippen LogP) is 2.57. The predicted molar refractivity (Wildman–Crippen MR) is 92.9 cm³/mol. The molecule has 0 spiro atoms. The first-order valence-corrected chi connectivity index (χ1v) is 7.86. The molecular weight excluding hydrogens is 322 g/mol. The largest absolute Gasteiger partial charge is 0.508 e. The summed E-state index contributed by atoms with van der Waals surface area (Å²) < 4.78 is 5.04. The standard InChI is InChI=1S/C19H17NO5/c21-14-8-6-12(7-9-14)3-2-10-20-18(23)15-11-13-4-1-5-16(22)17(13)25-19(15)24/h1,4-9,11,21-22H,2-3,10H2,(H,20,23). The highest BCUT2D eigenvalue weighted by atomic mass is 16.4. The number of benzene rings is 2. The number of carbonyl (C=O) groups excluding carboxylic acids is 1. The summed E-state index contributed by atoms with van der Waals surface area (Å²) in [5.41, 5.74) is 0.233. The number of rotatable bonds is 5. The van der Waals surface area contributed by atoms with Gasteiger partial charge in [-0.25, -0.2) is 4.79 Å². The minimum Gasteiger partial charge on any atom is -0.508 e. The third kappa shape index (κ3) is 3.80. The van der Waals surface area contributed by atoms with Gasteiger partial charge in [0.25, 0.3) is 5.91 Å². The summed E-state index contributed by atoms with van der Waals surface area (Å²) >= 11 is 0. The monoisotopic (exact) mass is 339 g/mol. The average molecular weight is 339 g/mol. The van der Waals surface area contributed by atoms with Crippen LogP contribution in [-0.4, -0.2) is 22.7 Å². The molecule has 0 fully saturated rings. The van der Waals surface area contributed by atoms with Crippen molar-refractivity contribution in [1.82, 2.24) is 5.32 Å². The molecule has 25 heavy (non-hydrogen) atoms. The van der Waals surface area contributed by atoms with E-state index in [2.05, 4.69) is 5.32 Å². The Morgan fingerprint density at radius 1 is 1.08 bits per heavy atom. The molecule has 0 aliphatic carbocycles. The maximum absolute atomic E-state index is 12.2. The maximum Gasteiger partial charge on any atom is 0.349 e. The minimum absolute atomic E-state index is 0.0661. The van der Waals surface area contributed by atoms with Gasteiger partial charge in [-0.1, -0.05) is 24.3 Å². The van der Waals surface area contributed by atoms with Crippen LogP contribution in [0.1, 0.15) is 22.3 Å². The third-order valence-electron chi connectivity index (χ3n) is 3.85. The number of hydrogen-bond acceptors (Lipinski definition) is 5. The Bertz CT molecular complexity index is 960. The maximum atomic E-state index is 12.2. The van der Waals surface area contributed by atoms with E-state index in [1.165, 1.54) is 12.1 Å². The van der Waals surface area contributed by atoms with Gasteiger partial charge in [0.2, 0.25) is 0 Å². The number of para-hydroxylation sites is 1. The SMILES string of the molecule is O=C(NCCCc1ccc(O)cc1)c1cc2cccc(O)c2oc1=O. The first-order valence-electron chi connectivity index (χ1n) is 7.86. The highest BCUT2D eigenvalue weighted by molar-refractivity contribution is 5.97. The zero-order valence-electron chi connectivity index (χ0n) is 13.4. The molecule has 0 saturated carbocycles. The van der Waals surface area contributed by atoms with E-state index in [0.29, 0.717) is 18.4 Å². The Labute approximate surface area is 143 Å². The van der Waals surface area contributed by atoms with E-state index in [0.717, 1.165) is 12.0 Å². The smallest absolute Gasteiger partial charge is 0.349 e. The van der Waals surface area contributed by atoms with Crippen molar-refractivity contribution >= 4 is 16.9 Å². The van der Waals surface area contributed by atoms with Crippen molar-refractivity contribution in [3.63, 3.8) is 0 Å². The molecule has 0 aliphatic heterocycles. The van der Waals surface area contributed by atoms with Gasteiger partial charge in [0.05, 0.1) is 0 Å². The van der Waals surface area contributed by atoms with Gasteiger partial charge >= 0.3 is 5.63 Å². The second kappa shape index (κ2) is 7.09. The van der Waals surface area contributed by atoms with E-state index < -0.39 is 11.5 Å². The molecule has 128 valence electrons. The number of aromatic hydroxyl groups is 2. The molecule has 6 heteroatoms. The fraction of sp³-hybridized carbons (Fsp3) is 0.158. The molecule has 1 heterocycles. The summed E-state index contributed by atoms with van der Waals surface area (Å²) in [4.78, 5) is 24.1. The number of hydrogen-bond donors (Lipinski definition) is 3. The molecule has 3 rings (SSSR count). The van der Waals surface area contributed by atoms with E-state index >= 15 is 0 Å². The van der Waals surface area contributed by atoms with Crippen LogP contribution in [0.4, 0.5) is 0 Å². The molecule has 1 aromatic heterocycles. The second-order valence-corrected chi connectivity index (χ2v) is 5.67. The van der Waals surface area contributed by atoms with Crippen LogP contribution in [0.2, 0.25) is 0 Å². The van der Waals surface area contributed by atoms with Gasteiger partial charge in [-0.2, -0.15) is 0 Å². The molecule has 3 N–H and O–H groups in total. The summed E-state index contributed by atoms with van der Waals surface area (Å²) in [7, 11) is 0. The Morgan fingerprint density at radius 3 is 2.60 bits per heavy atom. The molecule has 1 amide bonds. The van der Waals surface area contributed by atoms with Crippen LogP contribution >= 0.6 is 0 Å². The van der Waals surface area contributed by atoms with Crippen LogP contribution in [0, 0.1) is 0 Å². The lowest BCUT2D eigenvalue weighted by Gasteiger charge is -2.06. The van der Waals surface area contributed by atoms with Gasteiger partial charge < -0.3 is 19.9 Å². The van der Waals surface area contributed by atoms with Gasteiger partial charge in [0, 0.05) is 11.9 Å². The van der Waals surface area contributed by atoms with Crippen molar-refractivity contribution in [1.29, 1.82) is 0 Å². The molecule has 0 radical (unpaired) electrons. The molecule has 0 saturated heterocycles. The molecule has 0 aliphatic rings. The topological polar surface area (TPSA) is 99.8 Å². The van der Waals surface area contributed by atoms with Crippen LogP contribution in [0.5, 0.6) is 11.5 Å².